The number of carbonyl (C=O) groups excluding carboxylic acids is 1. The number of esters is 1. The minimum atomic E-state index is -0.110. The molecule has 0 aromatic heterocycles. The number of likely N-dealkylation sites (tertiary alicyclic amines) is 1. The van der Waals surface area contributed by atoms with Gasteiger partial charge in [-0.2, -0.15) is 0 Å². The maximum Gasteiger partial charge on any atom is 0.320 e. The Labute approximate surface area is 147 Å². The average Bonchev–Trinajstić information content (AvgIpc) is 2.95. The van der Waals surface area contributed by atoms with Gasteiger partial charge in [0.05, 0.1) is 19.8 Å². The Morgan fingerprint density at radius 2 is 2.26 bits per heavy atom. The van der Waals surface area contributed by atoms with Crippen LogP contribution in [-0.4, -0.2) is 43.7 Å². The number of ether oxygens (including phenoxy) is 2. The van der Waals surface area contributed by atoms with Crippen molar-refractivity contribution in [3.63, 3.8) is 0 Å². The second-order valence-electron chi connectivity index (χ2n) is 6.05. The molecule has 1 fully saturated rings. The summed E-state index contributed by atoms with van der Waals surface area (Å²) in [5, 5.41) is 0. The number of nitrogens with zero attached hydrogens (tertiary/aromatic N) is 1. The van der Waals surface area contributed by atoms with Gasteiger partial charge in [-0.25, -0.2) is 0 Å². The van der Waals surface area contributed by atoms with E-state index in [0.717, 1.165) is 54.7 Å². The molecule has 23 heavy (non-hydrogen) atoms. The zero-order valence-electron chi connectivity index (χ0n) is 14.0. The van der Waals surface area contributed by atoms with E-state index in [-0.39, 0.29) is 5.97 Å². The van der Waals surface area contributed by atoms with E-state index in [0.29, 0.717) is 19.1 Å². The molecule has 2 rings (SSSR count). The molecule has 1 aromatic carbocycles. The van der Waals surface area contributed by atoms with Crippen LogP contribution >= 0.6 is 15.9 Å². The fraction of sp³-hybridized carbons (Fsp3) is 0.611. The molecule has 0 spiro atoms. The van der Waals surface area contributed by atoms with Crippen LogP contribution in [0.1, 0.15) is 31.7 Å². The van der Waals surface area contributed by atoms with Crippen molar-refractivity contribution < 1.29 is 14.3 Å². The highest BCUT2D eigenvalue weighted by atomic mass is 79.9. The van der Waals surface area contributed by atoms with Gasteiger partial charge in [0.25, 0.3) is 0 Å². The van der Waals surface area contributed by atoms with Gasteiger partial charge in [0.15, 0.2) is 0 Å². The van der Waals surface area contributed by atoms with Gasteiger partial charge in [-0.05, 0) is 57.7 Å². The first-order chi connectivity index (χ1) is 11.1. The van der Waals surface area contributed by atoms with Gasteiger partial charge in [0.2, 0.25) is 0 Å². The van der Waals surface area contributed by atoms with Crippen LogP contribution in [0, 0.1) is 12.8 Å². The fourth-order valence-corrected chi connectivity index (χ4v) is 3.33. The van der Waals surface area contributed by atoms with Gasteiger partial charge < -0.3 is 9.47 Å². The smallest absolute Gasteiger partial charge is 0.320 e. The van der Waals surface area contributed by atoms with Crippen molar-refractivity contribution in [2.75, 3.05) is 32.8 Å². The van der Waals surface area contributed by atoms with Crippen molar-refractivity contribution in [3.8, 4) is 5.75 Å². The van der Waals surface area contributed by atoms with Crippen LogP contribution in [0.3, 0.4) is 0 Å². The molecule has 1 heterocycles. The Morgan fingerprint density at radius 1 is 1.43 bits per heavy atom. The van der Waals surface area contributed by atoms with Gasteiger partial charge in [-0.3, -0.25) is 9.69 Å². The van der Waals surface area contributed by atoms with Crippen LogP contribution in [0.25, 0.3) is 0 Å². The monoisotopic (exact) mass is 383 g/mol. The second-order valence-corrected chi connectivity index (χ2v) is 6.90. The molecule has 0 amide bonds. The highest BCUT2D eigenvalue weighted by Gasteiger charge is 2.24. The Balaban J connectivity index is 1.64. The molecular weight excluding hydrogens is 358 g/mol. The molecule has 0 bridgehead atoms. The van der Waals surface area contributed by atoms with Crippen molar-refractivity contribution in [3.05, 3.63) is 28.2 Å². The zero-order chi connectivity index (χ0) is 16.7. The number of benzene rings is 1. The first-order valence-corrected chi connectivity index (χ1v) is 9.15. The van der Waals surface area contributed by atoms with E-state index in [1.807, 2.05) is 25.1 Å². The lowest BCUT2D eigenvalue weighted by atomic mass is 10.0. The summed E-state index contributed by atoms with van der Waals surface area (Å²) >= 11 is 3.52. The zero-order valence-corrected chi connectivity index (χ0v) is 15.6. The quantitative estimate of drug-likeness (QED) is 0.505. The number of hydrogen-bond acceptors (Lipinski definition) is 4. The van der Waals surface area contributed by atoms with Gasteiger partial charge >= 0.3 is 5.97 Å². The summed E-state index contributed by atoms with van der Waals surface area (Å²) < 4.78 is 12.0. The third-order valence-corrected chi connectivity index (χ3v) is 5.12. The molecular formula is C18H26BrNO3. The first kappa shape index (κ1) is 18.3. The van der Waals surface area contributed by atoms with E-state index < -0.39 is 0 Å². The van der Waals surface area contributed by atoms with Gasteiger partial charge in [-0.1, -0.05) is 22.0 Å². The van der Waals surface area contributed by atoms with Crippen LogP contribution in [0.2, 0.25) is 0 Å². The number of carbonyl (C=O) groups is 1. The van der Waals surface area contributed by atoms with E-state index in [4.69, 9.17) is 9.47 Å². The highest BCUT2D eigenvalue weighted by Crippen LogP contribution is 2.26. The molecule has 4 nitrogen and oxygen atoms in total. The number of hydrogen-bond donors (Lipinski definition) is 0. The molecule has 0 radical (unpaired) electrons. The van der Waals surface area contributed by atoms with Crippen molar-refractivity contribution >= 4 is 21.9 Å². The van der Waals surface area contributed by atoms with Crippen LogP contribution < -0.4 is 4.74 Å². The summed E-state index contributed by atoms with van der Waals surface area (Å²) in [6, 6.07) is 6.03. The van der Waals surface area contributed by atoms with E-state index in [2.05, 4.69) is 27.8 Å². The summed E-state index contributed by atoms with van der Waals surface area (Å²) in [6.45, 7) is 7.53. The van der Waals surface area contributed by atoms with Gasteiger partial charge in [0.1, 0.15) is 5.75 Å². The highest BCUT2D eigenvalue weighted by molar-refractivity contribution is 9.10. The van der Waals surface area contributed by atoms with Crippen LogP contribution in [-0.2, 0) is 9.53 Å². The molecule has 0 saturated carbocycles. The van der Waals surface area contributed by atoms with E-state index in [9.17, 15) is 4.79 Å². The minimum absolute atomic E-state index is 0.110. The summed E-state index contributed by atoms with van der Waals surface area (Å²) in [4.78, 5) is 13.7. The van der Waals surface area contributed by atoms with E-state index in [1.165, 1.54) is 0 Å². The lowest BCUT2D eigenvalue weighted by Gasteiger charge is -2.15. The average molecular weight is 384 g/mol. The van der Waals surface area contributed by atoms with Crippen molar-refractivity contribution in [2.24, 2.45) is 5.92 Å². The topological polar surface area (TPSA) is 38.8 Å². The van der Waals surface area contributed by atoms with Crippen LogP contribution in [0.4, 0.5) is 0 Å². The normalized spacial score (nSPS) is 18.1. The van der Waals surface area contributed by atoms with E-state index in [1.54, 1.807) is 0 Å². The molecule has 5 heteroatoms. The summed E-state index contributed by atoms with van der Waals surface area (Å²) in [7, 11) is 0. The fourth-order valence-electron chi connectivity index (χ4n) is 2.98. The maximum absolute atomic E-state index is 11.5. The maximum atomic E-state index is 11.5. The van der Waals surface area contributed by atoms with E-state index >= 15 is 0 Å². The lowest BCUT2D eigenvalue weighted by molar-refractivity contribution is -0.144. The minimum Gasteiger partial charge on any atom is -0.493 e. The van der Waals surface area contributed by atoms with Crippen molar-refractivity contribution in [2.45, 2.75) is 33.1 Å². The predicted molar refractivity (Wildman–Crippen MR) is 94.8 cm³/mol. The second kappa shape index (κ2) is 9.28. The first-order valence-electron chi connectivity index (χ1n) is 8.36. The SMILES string of the molecule is CCOC(=O)CN1CC[C@@H](CCCOc2cccc(Br)c2C)C1. The Kier molecular flexibility index (Phi) is 7.37. The molecule has 1 aromatic rings. The molecule has 1 aliphatic heterocycles. The Morgan fingerprint density at radius 3 is 3.04 bits per heavy atom. The number of halogens is 1. The Hall–Kier alpha value is -1.07. The third kappa shape index (κ3) is 5.81. The predicted octanol–water partition coefficient (Wildman–Crippen LogP) is 3.80. The Bertz CT molecular complexity index is 521. The van der Waals surface area contributed by atoms with Gasteiger partial charge in [-0.15, -0.1) is 0 Å². The molecule has 1 aliphatic rings. The molecule has 0 aliphatic carbocycles. The summed E-state index contributed by atoms with van der Waals surface area (Å²) in [5.74, 6) is 1.51. The lowest BCUT2D eigenvalue weighted by Crippen LogP contribution is -2.29. The molecule has 128 valence electrons. The standard InChI is InChI=1S/C18H26BrNO3/c1-3-22-18(21)13-20-10-9-15(12-20)6-5-11-23-17-8-4-7-16(19)14(17)2/h4,7-8,15H,3,5-6,9-13H2,1-2H3/t15-/m1/s1. The van der Waals surface area contributed by atoms with Gasteiger partial charge in [0, 0.05) is 16.6 Å². The molecule has 1 atom stereocenters. The molecule has 1 saturated heterocycles. The van der Waals surface area contributed by atoms with Crippen LogP contribution in [0.15, 0.2) is 22.7 Å². The molecule has 0 N–H and O–H groups in total. The summed E-state index contributed by atoms with van der Waals surface area (Å²) in [6.07, 6.45) is 3.35. The van der Waals surface area contributed by atoms with Crippen molar-refractivity contribution in [1.29, 1.82) is 0 Å². The third-order valence-electron chi connectivity index (χ3n) is 4.26. The molecule has 0 unspecified atom stereocenters. The van der Waals surface area contributed by atoms with Crippen LogP contribution in [0.5, 0.6) is 5.75 Å². The number of rotatable bonds is 8. The summed E-state index contributed by atoms with van der Waals surface area (Å²) in [5.41, 5.74) is 1.15. The largest absolute Gasteiger partial charge is 0.493 e. The van der Waals surface area contributed by atoms with Crippen molar-refractivity contribution in [1.82, 2.24) is 4.90 Å².